The minimum absolute atomic E-state index is 0. The van der Waals surface area contributed by atoms with E-state index in [-0.39, 0.29) is 25.5 Å². The fraction of sp³-hybridized carbons (Fsp3) is 0.0769. The molecule has 2 aromatic heterocycles. The summed E-state index contributed by atoms with van der Waals surface area (Å²) in [5.74, 6) is 0. The standard InChI is InChI=1S/C22H16NS.C17H12N.Ir/c1-22(2)17-8-4-3-7-15(17)16-12-11-14(13-18(16)22)21-23-19-9-5-6-10-20(19)24-21;1-2-7-14(8-3-1)15-9-6-10-16(13-15)17-11-4-5-12-18-17;/h3-10,12-13H,1-2H3;1-9,11-13H;/q2*-1;. The first kappa shape index (κ1) is 28.9. The molecule has 5 aromatic carbocycles. The Morgan fingerprint density at radius 1 is 0.651 bits per heavy atom. The van der Waals surface area contributed by atoms with E-state index in [1.165, 1.54) is 38.1 Å². The van der Waals surface area contributed by atoms with Crippen molar-refractivity contribution in [3.63, 3.8) is 0 Å². The zero-order chi connectivity index (χ0) is 28.5. The molecule has 0 aliphatic heterocycles. The van der Waals surface area contributed by atoms with Crippen molar-refractivity contribution in [2.75, 3.05) is 0 Å². The summed E-state index contributed by atoms with van der Waals surface area (Å²) in [4.78, 5) is 9.15. The van der Waals surface area contributed by atoms with E-state index in [1.807, 2.05) is 48.5 Å². The summed E-state index contributed by atoms with van der Waals surface area (Å²) in [6.45, 7) is 4.61. The van der Waals surface area contributed by atoms with Crippen LogP contribution in [0.2, 0.25) is 0 Å². The molecule has 211 valence electrons. The number of fused-ring (bicyclic) bond motifs is 4. The zero-order valence-electron chi connectivity index (χ0n) is 23.8. The number of benzene rings is 5. The second-order valence-electron chi connectivity index (χ2n) is 10.9. The first-order valence-electron chi connectivity index (χ1n) is 14.1. The molecule has 7 aromatic rings. The minimum atomic E-state index is 0. The van der Waals surface area contributed by atoms with Gasteiger partial charge in [-0.15, -0.1) is 64.7 Å². The second kappa shape index (κ2) is 12.2. The summed E-state index contributed by atoms with van der Waals surface area (Å²) in [5, 5.41) is 1.05. The number of pyridine rings is 1. The van der Waals surface area contributed by atoms with Crippen molar-refractivity contribution < 1.29 is 20.1 Å². The van der Waals surface area contributed by atoms with E-state index in [1.54, 1.807) is 17.5 Å². The first-order chi connectivity index (χ1) is 20.6. The summed E-state index contributed by atoms with van der Waals surface area (Å²) < 4.78 is 1.23. The van der Waals surface area contributed by atoms with Gasteiger partial charge in [0.1, 0.15) is 0 Å². The third-order valence-corrected chi connectivity index (χ3v) is 8.96. The molecule has 0 bridgehead atoms. The predicted octanol–water partition coefficient (Wildman–Crippen LogP) is 10.3. The maximum Gasteiger partial charge on any atom is 0.0697 e. The number of hydrogen-bond donors (Lipinski definition) is 0. The van der Waals surface area contributed by atoms with Crippen molar-refractivity contribution in [3.8, 4) is 44.1 Å². The molecule has 0 atom stereocenters. The molecule has 43 heavy (non-hydrogen) atoms. The van der Waals surface area contributed by atoms with Crippen molar-refractivity contribution >= 4 is 21.6 Å². The quantitative estimate of drug-likeness (QED) is 0.168. The third kappa shape index (κ3) is 5.62. The summed E-state index contributed by atoms with van der Waals surface area (Å²) in [7, 11) is 0. The number of aromatic nitrogens is 2. The van der Waals surface area contributed by atoms with Crippen LogP contribution in [0.15, 0.2) is 134 Å². The van der Waals surface area contributed by atoms with Crippen LogP contribution in [0.3, 0.4) is 0 Å². The number of para-hydroxylation sites is 1. The molecule has 1 aliphatic rings. The summed E-state index contributed by atoms with van der Waals surface area (Å²) in [5.41, 5.74) is 12.0. The largest absolute Gasteiger partial charge is 0.305 e. The molecule has 2 heterocycles. The Morgan fingerprint density at radius 2 is 1.42 bits per heavy atom. The van der Waals surface area contributed by atoms with Crippen molar-refractivity contribution in [3.05, 3.63) is 157 Å². The normalized spacial score (nSPS) is 12.4. The fourth-order valence-corrected chi connectivity index (χ4v) is 6.64. The van der Waals surface area contributed by atoms with Crippen molar-refractivity contribution in [1.29, 1.82) is 0 Å². The Balaban J connectivity index is 0.000000156. The van der Waals surface area contributed by atoms with Crippen LogP contribution in [0, 0.1) is 12.1 Å². The van der Waals surface area contributed by atoms with Crippen LogP contribution >= 0.6 is 11.3 Å². The van der Waals surface area contributed by atoms with E-state index in [4.69, 9.17) is 4.98 Å². The molecule has 0 fully saturated rings. The van der Waals surface area contributed by atoms with Gasteiger partial charge >= 0.3 is 0 Å². The van der Waals surface area contributed by atoms with Gasteiger partial charge in [0.2, 0.25) is 0 Å². The minimum Gasteiger partial charge on any atom is -0.305 e. The molecule has 0 unspecified atom stereocenters. The van der Waals surface area contributed by atoms with Gasteiger partial charge in [0.25, 0.3) is 0 Å². The number of nitrogens with zero attached hydrogens (tertiary/aromatic N) is 2. The van der Waals surface area contributed by atoms with Crippen LogP contribution in [0.4, 0.5) is 0 Å². The molecule has 4 heteroatoms. The van der Waals surface area contributed by atoms with E-state index in [2.05, 4.69) is 110 Å². The molecule has 2 nitrogen and oxygen atoms in total. The van der Waals surface area contributed by atoms with Crippen LogP contribution in [0.1, 0.15) is 25.0 Å². The van der Waals surface area contributed by atoms with Gasteiger partial charge in [-0.1, -0.05) is 104 Å². The molecule has 0 amide bonds. The second-order valence-corrected chi connectivity index (χ2v) is 11.9. The topological polar surface area (TPSA) is 25.8 Å². The SMILES string of the molecule is CC1(C)c2ccccc2-c2c[c-]c(-c3nc4ccccc4s3)cc21.[Ir].[c-]1ccc(-c2ccccc2)cc1-c1ccccn1. The number of rotatable bonds is 3. The maximum absolute atomic E-state index is 4.79. The smallest absolute Gasteiger partial charge is 0.0697 e. The Labute approximate surface area is 270 Å². The van der Waals surface area contributed by atoms with Crippen LogP contribution in [-0.4, -0.2) is 9.97 Å². The van der Waals surface area contributed by atoms with Crippen LogP contribution in [0.5, 0.6) is 0 Å². The van der Waals surface area contributed by atoms with E-state index >= 15 is 0 Å². The third-order valence-electron chi connectivity index (χ3n) is 7.89. The number of thiazole rings is 1. The maximum atomic E-state index is 4.79. The Kier molecular flexibility index (Phi) is 8.19. The van der Waals surface area contributed by atoms with Crippen LogP contribution in [-0.2, 0) is 25.5 Å². The first-order valence-corrected chi connectivity index (χ1v) is 14.9. The summed E-state index contributed by atoms with van der Waals surface area (Å²) in [6.07, 6.45) is 1.80. The van der Waals surface area contributed by atoms with E-state index < -0.39 is 0 Å². The van der Waals surface area contributed by atoms with Gasteiger partial charge in [0.15, 0.2) is 0 Å². The molecule has 1 aliphatic carbocycles. The molecular formula is C39H28IrN2S-2. The molecule has 8 rings (SSSR count). The monoisotopic (exact) mass is 749 g/mol. The summed E-state index contributed by atoms with van der Waals surface area (Å²) >= 11 is 1.74. The zero-order valence-corrected chi connectivity index (χ0v) is 27.0. The predicted molar refractivity (Wildman–Crippen MR) is 175 cm³/mol. The van der Waals surface area contributed by atoms with Crippen molar-refractivity contribution in [2.24, 2.45) is 0 Å². The van der Waals surface area contributed by atoms with Crippen molar-refractivity contribution in [2.45, 2.75) is 19.3 Å². The van der Waals surface area contributed by atoms with E-state index in [0.29, 0.717) is 0 Å². The van der Waals surface area contributed by atoms with Crippen LogP contribution in [0.25, 0.3) is 54.3 Å². The molecule has 0 saturated carbocycles. The molecule has 0 saturated heterocycles. The van der Waals surface area contributed by atoms with Gasteiger partial charge in [-0.05, 0) is 40.4 Å². The van der Waals surface area contributed by atoms with Gasteiger partial charge in [0.05, 0.1) is 5.52 Å². The van der Waals surface area contributed by atoms with Gasteiger partial charge in [-0.25, -0.2) is 0 Å². The Hall–Kier alpha value is -4.21. The van der Waals surface area contributed by atoms with Gasteiger partial charge < -0.3 is 4.98 Å². The molecule has 0 N–H and O–H groups in total. The molecule has 0 spiro atoms. The average molecular weight is 749 g/mol. The Bertz CT molecular complexity index is 1930. The number of hydrogen-bond acceptors (Lipinski definition) is 3. The van der Waals surface area contributed by atoms with E-state index in [9.17, 15) is 0 Å². The van der Waals surface area contributed by atoms with Gasteiger partial charge in [-0.2, -0.15) is 11.3 Å². The average Bonchev–Trinajstić information content (AvgIpc) is 3.59. The Morgan fingerprint density at radius 3 is 2.23 bits per heavy atom. The molecule has 1 radical (unpaired) electrons. The van der Waals surface area contributed by atoms with Gasteiger partial charge in [0, 0.05) is 36.0 Å². The fourth-order valence-electron chi connectivity index (χ4n) is 5.70. The van der Waals surface area contributed by atoms with Gasteiger partial charge in [-0.3, -0.25) is 4.98 Å². The van der Waals surface area contributed by atoms with Crippen LogP contribution < -0.4 is 0 Å². The van der Waals surface area contributed by atoms with Crippen molar-refractivity contribution in [1.82, 2.24) is 9.97 Å². The van der Waals surface area contributed by atoms with E-state index in [0.717, 1.165) is 27.3 Å². The molecular weight excluding hydrogens is 721 g/mol. The summed E-state index contributed by atoms with van der Waals surface area (Å²) in [6, 6.07) is 50.5.